The lowest BCUT2D eigenvalue weighted by molar-refractivity contribution is 0.552. The van der Waals surface area contributed by atoms with Crippen LogP contribution in [0.1, 0.15) is 41.5 Å². The smallest absolute Gasteiger partial charge is 0.0606 e. The van der Waals surface area contributed by atoms with Crippen molar-refractivity contribution in [1.29, 1.82) is 0 Å². The zero-order valence-electron chi connectivity index (χ0n) is 12.8. The lowest BCUT2D eigenvalue weighted by Gasteiger charge is -2.21. The first-order valence-electron chi connectivity index (χ1n) is 7.99. The molecule has 1 aliphatic carbocycles. The van der Waals surface area contributed by atoms with Crippen LogP contribution in [0.15, 0.2) is 47.1 Å². The lowest BCUT2D eigenvalue weighted by atomic mass is 9.92. The van der Waals surface area contributed by atoms with Gasteiger partial charge in [0.25, 0.3) is 0 Å². The zero-order valence-corrected chi connectivity index (χ0v) is 14.4. The van der Waals surface area contributed by atoms with Gasteiger partial charge in [-0.1, -0.05) is 30.3 Å². The molecule has 1 unspecified atom stereocenters. The van der Waals surface area contributed by atoms with Crippen molar-refractivity contribution in [1.82, 2.24) is 9.97 Å². The molecule has 2 aromatic heterocycles. The number of hydrogen-bond donors (Lipinski definition) is 1. The van der Waals surface area contributed by atoms with Gasteiger partial charge in [0.2, 0.25) is 0 Å². The van der Waals surface area contributed by atoms with E-state index in [2.05, 4.69) is 51.2 Å². The summed E-state index contributed by atoms with van der Waals surface area (Å²) in [5, 5.41) is 2.36. The maximum atomic E-state index is 6.23. The quantitative estimate of drug-likeness (QED) is 0.733. The Hall–Kier alpha value is -1.78. The molecule has 23 heavy (non-hydrogen) atoms. The molecule has 0 saturated heterocycles. The van der Waals surface area contributed by atoms with Crippen LogP contribution in [-0.2, 0) is 12.8 Å². The number of nitrogens with zero attached hydrogens (tertiary/aromatic N) is 2. The highest BCUT2D eigenvalue weighted by Crippen LogP contribution is 2.29. The van der Waals surface area contributed by atoms with Gasteiger partial charge in [0.1, 0.15) is 0 Å². The summed E-state index contributed by atoms with van der Waals surface area (Å²) in [4.78, 5) is 9.46. The van der Waals surface area contributed by atoms with E-state index in [-0.39, 0.29) is 6.04 Å². The Bertz CT molecular complexity index is 876. The third-order valence-electron chi connectivity index (χ3n) is 4.56. The second-order valence-electron chi connectivity index (χ2n) is 6.12. The summed E-state index contributed by atoms with van der Waals surface area (Å²) in [6, 6.07) is 12.7. The molecule has 3 aromatic rings. The number of rotatable bonds is 2. The molecule has 2 N–H and O–H groups in total. The Morgan fingerprint density at radius 3 is 2.83 bits per heavy atom. The maximum absolute atomic E-state index is 6.23. The van der Waals surface area contributed by atoms with Crippen LogP contribution >= 0.6 is 15.9 Å². The maximum Gasteiger partial charge on any atom is 0.0606 e. The largest absolute Gasteiger partial charge is 0.323 e. The first-order chi connectivity index (χ1) is 11.2. The number of aromatic nitrogens is 2. The first kappa shape index (κ1) is 14.8. The summed E-state index contributed by atoms with van der Waals surface area (Å²) in [6.45, 7) is 0. The predicted molar refractivity (Wildman–Crippen MR) is 96.4 cm³/mol. The minimum absolute atomic E-state index is 0.0771. The van der Waals surface area contributed by atoms with E-state index < -0.39 is 0 Å². The van der Waals surface area contributed by atoms with Crippen molar-refractivity contribution in [2.45, 2.75) is 31.7 Å². The average molecular weight is 368 g/mol. The number of aryl methyl sites for hydroxylation is 1. The molecular weight excluding hydrogens is 350 g/mol. The molecule has 0 fully saturated rings. The van der Waals surface area contributed by atoms with E-state index in [1.807, 2.05) is 12.3 Å². The van der Waals surface area contributed by atoms with Gasteiger partial charge >= 0.3 is 0 Å². The Kier molecular flexibility index (Phi) is 3.87. The number of nitrogens with two attached hydrogens (primary N) is 1. The number of benzene rings is 1. The summed E-state index contributed by atoms with van der Waals surface area (Å²) in [7, 11) is 0. The van der Waals surface area contributed by atoms with Crippen molar-refractivity contribution >= 4 is 26.7 Å². The Morgan fingerprint density at radius 2 is 1.96 bits per heavy atom. The van der Waals surface area contributed by atoms with Crippen molar-refractivity contribution in [2.75, 3.05) is 0 Å². The van der Waals surface area contributed by atoms with Crippen molar-refractivity contribution in [3.8, 4) is 0 Å². The number of hydrogen-bond acceptors (Lipinski definition) is 3. The number of pyridine rings is 2. The molecule has 0 amide bonds. The van der Waals surface area contributed by atoms with Crippen molar-refractivity contribution in [3.05, 3.63) is 69.7 Å². The molecule has 4 rings (SSSR count). The molecule has 1 aliphatic rings. The minimum atomic E-state index is 0.0771. The van der Waals surface area contributed by atoms with E-state index >= 15 is 0 Å². The molecule has 0 bridgehead atoms. The summed E-state index contributed by atoms with van der Waals surface area (Å²) in [5.74, 6) is 0. The second kappa shape index (κ2) is 6.02. The third-order valence-corrected chi connectivity index (χ3v) is 5.19. The average Bonchev–Trinajstić information content (AvgIpc) is 2.58. The Labute approximate surface area is 144 Å². The summed E-state index contributed by atoms with van der Waals surface area (Å²) < 4.78 is 1.03. The van der Waals surface area contributed by atoms with Crippen molar-refractivity contribution in [3.63, 3.8) is 0 Å². The summed E-state index contributed by atoms with van der Waals surface area (Å²) in [5.41, 5.74) is 10.7. The fourth-order valence-corrected chi connectivity index (χ4v) is 3.80. The van der Waals surface area contributed by atoms with Gasteiger partial charge in [-0.3, -0.25) is 9.97 Å². The Morgan fingerprint density at radius 1 is 1.13 bits per heavy atom. The molecular formula is C19H18BrN3. The van der Waals surface area contributed by atoms with E-state index in [4.69, 9.17) is 10.7 Å². The molecule has 1 aromatic carbocycles. The fraction of sp³-hybridized carbons (Fsp3) is 0.263. The zero-order chi connectivity index (χ0) is 15.8. The van der Waals surface area contributed by atoms with Crippen molar-refractivity contribution in [2.24, 2.45) is 5.73 Å². The topological polar surface area (TPSA) is 51.8 Å². The van der Waals surface area contributed by atoms with Crippen LogP contribution in [0.2, 0.25) is 0 Å². The third kappa shape index (κ3) is 2.77. The first-order valence-corrected chi connectivity index (χ1v) is 8.78. The van der Waals surface area contributed by atoms with Gasteiger partial charge in [-0.2, -0.15) is 0 Å². The number of halogens is 1. The molecule has 4 heteroatoms. The Balaban J connectivity index is 1.74. The van der Waals surface area contributed by atoms with E-state index in [1.165, 1.54) is 16.3 Å². The van der Waals surface area contributed by atoms with Crippen LogP contribution in [-0.4, -0.2) is 9.97 Å². The van der Waals surface area contributed by atoms with E-state index in [0.29, 0.717) is 0 Å². The molecule has 3 nitrogen and oxygen atoms in total. The van der Waals surface area contributed by atoms with Gasteiger partial charge in [0.15, 0.2) is 0 Å². The summed E-state index contributed by atoms with van der Waals surface area (Å²) >= 11 is 3.58. The second-order valence-corrected chi connectivity index (χ2v) is 6.98. The fourth-order valence-electron chi connectivity index (χ4n) is 3.36. The predicted octanol–water partition coefficient (Wildman–Crippen LogP) is 4.32. The monoisotopic (exact) mass is 367 g/mol. The molecule has 116 valence electrons. The van der Waals surface area contributed by atoms with E-state index in [9.17, 15) is 0 Å². The molecule has 0 radical (unpaired) electrons. The molecule has 0 saturated carbocycles. The van der Waals surface area contributed by atoms with Crippen LogP contribution in [0.25, 0.3) is 10.8 Å². The van der Waals surface area contributed by atoms with Gasteiger partial charge < -0.3 is 5.73 Å². The van der Waals surface area contributed by atoms with Gasteiger partial charge in [-0.05, 0) is 52.2 Å². The van der Waals surface area contributed by atoms with Gasteiger partial charge in [0.05, 0.1) is 11.4 Å². The van der Waals surface area contributed by atoms with Crippen LogP contribution in [0, 0.1) is 0 Å². The lowest BCUT2D eigenvalue weighted by Crippen LogP contribution is -2.19. The van der Waals surface area contributed by atoms with Gasteiger partial charge in [-0.15, -0.1) is 0 Å². The van der Waals surface area contributed by atoms with Crippen LogP contribution in [0.3, 0.4) is 0 Å². The van der Waals surface area contributed by atoms with Crippen molar-refractivity contribution < 1.29 is 0 Å². The number of fused-ring (bicyclic) bond motifs is 2. The summed E-state index contributed by atoms with van der Waals surface area (Å²) in [6.07, 6.45) is 5.89. The van der Waals surface area contributed by atoms with Crippen LogP contribution in [0.5, 0.6) is 0 Å². The molecule has 0 aliphatic heterocycles. The standard InChI is InChI=1S/C19H18BrN3/c20-16-11-22-18(15-6-2-1-5-14(15)16)10-13-9-8-12-4-3-7-17(21)19(12)23-13/h1-2,5-6,8-9,11,17H,3-4,7,10,21H2. The van der Waals surface area contributed by atoms with E-state index in [0.717, 1.165) is 47.2 Å². The molecule has 1 atom stereocenters. The van der Waals surface area contributed by atoms with Gasteiger partial charge in [-0.25, -0.2) is 0 Å². The normalized spacial score (nSPS) is 17.2. The minimum Gasteiger partial charge on any atom is -0.323 e. The van der Waals surface area contributed by atoms with Crippen LogP contribution < -0.4 is 5.73 Å². The molecule has 2 heterocycles. The van der Waals surface area contributed by atoms with Gasteiger partial charge in [0, 0.05) is 34.2 Å². The highest BCUT2D eigenvalue weighted by atomic mass is 79.9. The van der Waals surface area contributed by atoms with Crippen LogP contribution in [0.4, 0.5) is 0 Å². The van der Waals surface area contributed by atoms with E-state index in [1.54, 1.807) is 0 Å². The highest BCUT2D eigenvalue weighted by molar-refractivity contribution is 9.10. The highest BCUT2D eigenvalue weighted by Gasteiger charge is 2.19. The SMILES string of the molecule is NC1CCCc2ccc(Cc3ncc(Br)c4ccccc34)nc21. The molecule has 0 spiro atoms.